The van der Waals surface area contributed by atoms with Crippen LogP contribution < -0.4 is 4.74 Å². The molecule has 0 amide bonds. The van der Waals surface area contributed by atoms with Crippen molar-refractivity contribution in [3.05, 3.63) is 60.9 Å². The Morgan fingerprint density at radius 1 is 1.00 bits per heavy atom. The van der Waals surface area contributed by atoms with Gasteiger partial charge in [-0.3, -0.25) is 4.79 Å². The molecule has 3 heteroatoms. The van der Waals surface area contributed by atoms with Gasteiger partial charge in [0.25, 0.3) is 0 Å². The van der Waals surface area contributed by atoms with Gasteiger partial charge in [-0.1, -0.05) is 36.4 Å². The van der Waals surface area contributed by atoms with Crippen molar-refractivity contribution in [2.45, 2.75) is 6.92 Å². The Balaban J connectivity index is 2.03. The highest BCUT2D eigenvalue weighted by atomic mass is 16.5. The molecule has 0 N–H and O–H groups in total. The van der Waals surface area contributed by atoms with Gasteiger partial charge in [-0.15, -0.1) is 0 Å². The first-order valence-corrected chi connectivity index (χ1v) is 6.08. The highest BCUT2D eigenvalue weighted by Crippen LogP contribution is 2.23. The van der Waals surface area contributed by atoms with Crippen molar-refractivity contribution >= 4 is 11.5 Å². The molecular formula is C16H13NO2. The van der Waals surface area contributed by atoms with Crippen molar-refractivity contribution < 1.29 is 9.53 Å². The molecule has 2 heterocycles. The van der Waals surface area contributed by atoms with Gasteiger partial charge in [-0.05, 0) is 17.2 Å². The number of benzene rings is 1. The quantitative estimate of drug-likeness (QED) is 0.652. The SMILES string of the molecule is CC(=O)Oc1cc2ccc(-c3ccccc3)cn2c1. The number of nitrogens with zero attached hydrogens (tertiary/aromatic N) is 1. The van der Waals surface area contributed by atoms with Crippen LogP contribution in [0, 0.1) is 0 Å². The minimum atomic E-state index is -0.306. The molecule has 0 spiro atoms. The number of rotatable bonds is 2. The zero-order chi connectivity index (χ0) is 13.2. The number of fused-ring (bicyclic) bond motifs is 1. The van der Waals surface area contributed by atoms with Gasteiger partial charge in [0.05, 0.1) is 6.20 Å². The lowest BCUT2D eigenvalue weighted by atomic mass is 10.1. The molecule has 19 heavy (non-hydrogen) atoms. The Morgan fingerprint density at radius 2 is 1.79 bits per heavy atom. The van der Waals surface area contributed by atoms with Gasteiger partial charge < -0.3 is 9.14 Å². The summed E-state index contributed by atoms with van der Waals surface area (Å²) in [6.07, 6.45) is 3.83. The lowest BCUT2D eigenvalue weighted by Crippen LogP contribution is -1.99. The van der Waals surface area contributed by atoms with Crippen molar-refractivity contribution in [1.82, 2.24) is 4.40 Å². The van der Waals surface area contributed by atoms with Crippen molar-refractivity contribution in [3.63, 3.8) is 0 Å². The Morgan fingerprint density at radius 3 is 2.53 bits per heavy atom. The maximum atomic E-state index is 10.9. The van der Waals surface area contributed by atoms with Gasteiger partial charge in [-0.25, -0.2) is 0 Å². The molecule has 3 rings (SSSR count). The first kappa shape index (κ1) is 11.5. The maximum absolute atomic E-state index is 10.9. The second-order valence-corrected chi connectivity index (χ2v) is 4.39. The molecule has 2 aromatic heterocycles. The van der Waals surface area contributed by atoms with Crippen LogP contribution in [0.1, 0.15) is 6.92 Å². The lowest BCUT2D eigenvalue weighted by molar-refractivity contribution is -0.131. The van der Waals surface area contributed by atoms with Crippen molar-refractivity contribution in [2.75, 3.05) is 0 Å². The Kier molecular flexibility index (Phi) is 2.80. The number of aromatic nitrogens is 1. The summed E-state index contributed by atoms with van der Waals surface area (Å²) in [6, 6.07) is 16.1. The second-order valence-electron chi connectivity index (χ2n) is 4.39. The van der Waals surface area contributed by atoms with Crippen molar-refractivity contribution in [2.24, 2.45) is 0 Å². The van der Waals surface area contributed by atoms with Gasteiger partial charge in [0.15, 0.2) is 0 Å². The standard InChI is InChI=1S/C16H13NO2/c1-12(18)19-16-9-15-8-7-14(10-17(15)11-16)13-5-3-2-4-6-13/h2-11H,1H3. The van der Waals surface area contributed by atoms with Crippen molar-refractivity contribution in [3.8, 4) is 16.9 Å². The first-order valence-electron chi connectivity index (χ1n) is 6.08. The van der Waals surface area contributed by atoms with E-state index in [0.29, 0.717) is 5.75 Å². The topological polar surface area (TPSA) is 30.7 Å². The summed E-state index contributed by atoms with van der Waals surface area (Å²) < 4.78 is 7.04. The van der Waals surface area contributed by atoms with Crippen LogP contribution in [0.2, 0.25) is 0 Å². The molecule has 0 saturated carbocycles. The molecule has 94 valence electrons. The number of hydrogen-bond donors (Lipinski definition) is 0. The van der Waals surface area contributed by atoms with Crippen LogP contribution in [-0.4, -0.2) is 10.4 Å². The van der Waals surface area contributed by atoms with E-state index in [1.165, 1.54) is 6.92 Å². The smallest absolute Gasteiger partial charge is 0.308 e. The summed E-state index contributed by atoms with van der Waals surface area (Å²) in [5.74, 6) is 0.261. The molecule has 0 radical (unpaired) electrons. The van der Waals surface area contributed by atoms with Crippen LogP contribution in [0.25, 0.3) is 16.6 Å². The van der Waals surface area contributed by atoms with Gasteiger partial charge in [0, 0.05) is 24.7 Å². The summed E-state index contributed by atoms with van der Waals surface area (Å²) in [6.45, 7) is 1.40. The summed E-state index contributed by atoms with van der Waals surface area (Å²) in [5, 5.41) is 0. The van der Waals surface area contributed by atoms with Crippen LogP contribution in [-0.2, 0) is 4.79 Å². The van der Waals surface area contributed by atoms with E-state index in [1.807, 2.05) is 47.1 Å². The fourth-order valence-electron chi connectivity index (χ4n) is 2.11. The first-order chi connectivity index (χ1) is 9.22. The minimum Gasteiger partial charge on any atom is -0.425 e. The Labute approximate surface area is 111 Å². The molecule has 0 bridgehead atoms. The van der Waals surface area contributed by atoms with Crippen LogP contribution in [0.4, 0.5) is 0 Å². The highest BCUT2D eigenvalue weighted by Gasteiger charge is 2.04. The fourth-order valence-corrected chi connectivity index (χ4v) is 2.11. The monoisotopic (exact) mass is 251 g/mol. The fraction of sp³-hybridized carbons (Fsp3) is 0.0625. The van der Waals surface area contributed by atoms with E-state index >= 15 is 0 Å². The Hall–Kier alpha value is -2.55. The van der Waals surface area contributed by atoms with Gasteiger partial charge in [-0.2, -0.15) is 0 Å². The minimum absolute atomic E-state index is 0.306. The molecular weight excluding hydrogens is 238 g/mol. The molecule has 3 aromatic rings. The summed E-state index contributed by atoms with van der Waals surface area (Å²) in [5.41, 5.74) is 3.28. The zero-order valence-corrected chi connectivity index (χ0v) is 10.5. The summed E-state index contributed by atoms with van der Waals surface area (Å²) in [4.78, 5) is 10.9. The molecule has 0 aliphatic rings. The molecule has 3 nitrogen and oxygen atoms in total. The highest BCUT2D eigenvalue weighted by molar-refractivity contribution is 5.71. The van der Waals surface area contributed by atoms with Gasteiger partial charge in [0.1, 0.15) is 5.75 Å². The molecule has 0 saturated heterocycles. The van der Waals surface area contributed by atoms with E-state index in [4.69, 9.17) is 4.74 Å². The third-order valence-corrected chi connectivity index (χ3v) is 2.94. The third-order valence-electron chi connectivity index (χ3n) is 2.94. The van der Waals surface area contributed by atoms with E-state index in [0.717, 1.165) is 16.6 Å². The average Bonchev–Trinajstić information content (AvgIpc) is 2.79. The molecule has 0 aliphatic heterocycles. The van der Waals surface area contributed by atoms with Crippen LogP contribution in [0.15, 0.2) is 60.9 Å². The predicted molar refractivity (Wildman–Crippen MR) is 74.1 cm³/mol. The number of hydrogen-bond acceptors (Lipinski definition) is 2. The van der Waals surface area contributed by atoms with Crippen LogP contribution in [0.3, 0.4) is 0 Å². The van der Waals surface area contributed by atoms with E-state index in [2.05, 4.69) is 18.2 Å². The van der Waals surface area contributed by atoms with E-state index in [-0.39, 0.29) is 5.97 Å². The number of esters is 1. The largest absolute Gasteiger partial charge is 0.425 e. The van der Waals surface area contributed by atoms with Crippen molar-refractivity contribution in [1.29, 1.82) is 0 Å². The predicted octanol–water partition coefficient (Wildman–Crippen LogP) is 3.53. The summed E-state index contributed by atoms with van der Waals surface area (Å²) in [7, 11) is 0. The van der Waals surface area contributed by atoms with Gasteiger partial charge in [0.2, 0.25) is 0 Å². The Bertz CT molecular complexity index is 729. The van der Waals surface area contributed by atoms with E-state index in [9.17, 15) is 4.79 Å². The van der Waals surface area contributed by atoms with Crippen LogP contribution in [0.5, 0.6) is 5.75 Å². The molecule has 1 aromatic carbocycles. The average molecular weight is 251 g/mol. The zero-order valence-electron chi connectivity index (χ0n) is 10.5. The maximum Gasteiger partial charge on any atom is 0.308 e. The molecule has 0 fully saturated rings. The normalized spacial score (nSPS) is 10.6. The number of pyridine rings is 1. The molecule has 0 atom stereocenters. The van der Waals surface area contributed by atoms with Gasteiger partial charge >= 0.3 is 5.97 Å². The third kappa shape index (κ3) is 2.36. The second kappa shape index (κ2) is 4.61. The van der Waals surface area contributed by atoms with Crippen LogP contribution >= 0.6 is 0 Å². The molecule has 0 unspecified atom stereocenters. The number of ether oxygens (including phenoxy) is 1. The van der Waals surface area contributed by atoms with E-state index < -0.39 is 0 Å². The van der Waals surface area contributed by atoms with E-state index in [1.54, 1.807) is 0 Å². The summed E-state index contributed by atoms with van der Waals surface area (Å²) >= 11 is 0. The molecule has 0 aliphatic carbocycles. The lowest BCUT2D eigenvalue weighted by Gasteiger charge is -2.02. The number of carbonyl (C=O) groups excluding carboxylic acids is 1. The number of carbonyl (C=O) groups is 1.